The van der Waals surface area contributed by atoms with E-state index in [-0.39, 0.29) is 24.0 Å². The zero-order valence-electron chi connectivity index (χ0n) is 20.2. The van der Waals surface area contributed by atoms with E-state index in [0.29, 0.717) is 19.1 Å². The van der Waals surface area contributed by atoms with Crippen molar-refractivity contribution >= 4 is 29.9 Å². The standard InChI is InChI=1S/C26H36N6.HI/c1-5-27-26(28-17-22-11-6-8-13-24(22)19-31(4)21(2)3)29-18-23-12-7-9-14-25(23)20-32-16-10-15-30-32;/h6-16,21H,5,17-20H2,1-4H3,(H2,27,28,29);1H. The second-order valence-electron chi connectivity index (χ2n) is 8.30. The van der Waals surface area contributed by atoms with Gasteiger partial charge in [-0.3, -0.25) is 9.58 Å². The summed E-state index contributed by atoms with van der Waals surface area (Å²) in [5.41, 5.74) is 5.08. The van der Waals surface area contributed by atoms with E-state index in [1.807, 2.05) is 23.1 Å². The Bertz CT molecular complexity index is 984. The second-order valence-corrected chi connectivity index (χ2v) is 8.30. The molecule has 2 N–H and O–H groups in total. The largest absolute Gasteiger partial charge is 0.357 e. The van der Waals surface area contributed by atoms with E-state index < -0.39 is 0 Å². The molecule has 0 aliphatic carbocycles. The summed E-state index contributed by atoms with van der Waals surface area (Å²) in [6.07, 6.45) is 3.80. The maximum absolute atomic E-state index is 4.88. The van der Waals surface area contributed by atoms with E-state index in [2.05, 4.69) is 97.0 Å². The third-order valence-corrected chi connectivity index (χ3v) is 5.63. The zero-order chi connectivity index (χ0) is 22.8. The van der Waals surface area contributed by atoms with E-state index in [0.717, 1.165) is 25.6 Å². The summed E-state index contributed by atoms with van der Waals surface area (Å²) in [6, 6.07) is 19.5. The quantitative estimate of drug-likeness (QED) is 0.216. The number of aliphatic imine (C=N–C) groups is 1. The minimum absolute atomic E-state index is 0. The fraction of sp³-hybridized carbons (Fsp3) is 0.385. The minimum Gasteiger partial charge on any atom is -0.357 e. The highest BCUT2D eigenvalue weighted by Crippen LogP contribution is 2.14. The van der Waals surface area contributed by atoms with Crippen molar-refractivity contribution in [3.05, 3.63) is 89.2 Å². The first-order valence-electron chi connectivity index (χ1n) is 11.4. The van der Waals surface area contributed by atoms with Gasteiger partial charge in [-0.15, -0.1) is 24.0 Å². The van der Waals surface area contributed by atoms with Crippen molar-refractivity contribution in [3.63, 3.8) is 0 Å². The smallest absolute Gasteiger partial charge is 0.191 e. The molecule has 0 spiro atoms. The normalized spacial score (nSPS) is 11.5. The van der Waals surface area contributed by atoms with Crippen molar-refractivity contribution in [2.45, 2.75) is 53.0 Å². The molecule has 0 aliphatic rings. The van der Waals surface area contributed by atoms with Gasteiger partial charge >= 0.3 is 0 Å². The molecule has 6 nitrogen and oxygen atoms in total. The van der Waals surface area contributed by atoms with Crippen LogP contribution in [0.5, 0.6) is 0 Å². The van der Waals surface area contributed by atoms with Crippen molar-refractivity contribution in [3.8, 4) is 0 Å². The maximum Gasteiger partial charge on any atom is 0.191 e. The lowest BCUT2D eigenvalue weighted by molar-refractivity contribution is 0.265. The number of aromatic nitrogens is 2. The van der Waals surface area contributed by atoms with Gasteiger partial charge in [0.2, 0.25) is 0 Å². The summed E-state index contributed by atoms with van der Waals surface area (Å²) in [7, 11) is 2.16. The number of hydrogen-bond acceptors (Lipinski definition) is 3. The number of nitrogens with one attached hydrogen (secondary N) is 2. The third-order valence-electron chi connectivity index (χ3n) is 5.63. The predicted octanol–water partition coefficient (Wildman–Crippen LogP) is 4.64. The average Bonchev–Trinajstić information content (AvgIpc) is 3.30. The van der Waals surface area contributed by atoms with Gasteiger partial charge in [0, 0.05) is 38.1 Å². The molecule has 0 fully saturated rings. The zero-order valence-corrected chi connectivity index (χ0v) is 22.5. The van der Waals surface area contributed by atoms with Crippen LogP contribution in [0, 0.1) is 0 Å². The molecule has 0 bridgehead atoms. The van der Waals surface area contributed by atoms with Crippen LogP contribution in [0.4, 0.5) is 0 Å². The molecule has 178 valence electrons. The summed E-state index contributed by atoms with van der Waals surface area (Å²) in [6.45, 7) is 10.4. The molecule has 0 amide bonds. The molecule has 1 heterocycles. The molecular weight excluding hydrogens is 523 g/mol. The summed E-state index contributed by atoms with van der Waals surface area (Å²) < 4.78 is 1.95. The van der Waals surface area contributed by atoms with Crippen LogP contribution in [-0.4, -0.2) is 40.3 Å². The van der Waals surface area contributed by atoms with Gasteiger partial charge in [-0.2, -0.15) is 5.10 Å². The molecule has 1 aromatic heterocycles. The highest BCUT2D eigenvalue weighted by atomic mass is 127. The Labute approximate surface area is 215 Å². The molecule has 33 heavy (non-hydrogen) atoms. The fourth-order valence-electron chi connectivity index (χ4n) is 3.45. The number of guanidine groups is 1. The lowest BCUT2D eigenvalue weighted by atomic mass is 10.1. The monoisotopic (exact) mass is 560 g/mol. The van der Waals surface area contributed by atoms with Crippen LogP contribution in [-0.2, 0) is 26.2 Å². The molecule has 0 atom stereocenters. The van der Waals surface area contributed by atoms with E-state index >= 15 is 0 Å². The minimum atomic E-state index is 0. The van der Waals surface area contributed by atoms with E-state index in [9.17, 15) is 0 Å². The number of hydrogen-bond donors (Lipinski definition) is 2. The van der Waals surface area contributed by atoms with Gasteiger partial charge in [0.05, 0.1) is 13.1 Å². The van der Waals surface area contributed by atoms with Crippen molar-refractivity contribution < 1.29 is 0 Å². The summed E-state index contributed by atoms with van der Waals surface area (Å²) in [5, 5.41) is 11.2. The Morgan fingerprint density at radius 1 is 0.970 bits per heavy atom. The molecule has 0 saturated carbocycles. The van der Waals surface area contributed by atoms with Gasteiger partial charge in [-0.05, 0) is 56.1 Å². The number of rotatable bonds is 10. The lowest BCUT2D eigenvalue weighted by Crippen LogP contribution is -2.37. The second kappa shape index (κ2) is 14.0. The van der Waals surface area contributed by atoms with Crippen LogP contribution in [0.3, 0.4) is 0 Å². The predicted molar refractivity (Wildman–Crippen MR) is 148 cm³/mol. The van der Waals surface area contributed by atoms with Gasteiger partial charge in [-0.25, -0.2) is 4.99 Å². The molecule has 3 aromatic rings. The van der Waals surface area contributed by atoms with Crippen molar-refractivity contribution in [1.29, 1.82) is 0 Å². The Morgan fingerprint density at radius 2 is 1.64 bits per heavy atom. The van der Waals surface area contributed by atoms with Crippen LogP contribution in [0.2, 0.25) is 0 Å². The van der Waals surface area contributed by atoms with Gasteiger partial charge in [-0.1, -0.05) is 48.5 Å². The molecule has 0 aliphatic heterocycles. The summed E-state index contributed by atoms with van der Waals surface area (Å²) in [5.74, 6) is 0.827. The molecule has 0 saturated heterocycles. The van der Waals surface area contributed by atoms with Gasteiger partial charge in [0.25, 0.3) is 0 Å². The highest BCUT2D eigenvalue weighted by molar-refractivity contribution is 14.0. The lowest BCUT2D eigenvalue weighted by Gasteiger charge is -2.22. The topological polar surface area (TPSA) is 57.5 Å². The van der Waals surface area contributed by atoms with Crippen LogP contribution in [0.15, 0.2) is 72.0 Å². The Balaban J connectivity index is 0.00000385. The first-order chi connectivity index (χ1) is 15.6. The van der Waals surface area contributed by atoms with Gasteiger partial charge in [0.15, 0.2) is 5.96 Å². The van der Waals surface area contributed by atoms with Gasteiger partial charge < -0.3 is 10.6 Å². The molecular formula is C26H37IN6. The van der Waals surface area contributed by atoms with E-state index in [4.69, 9.17) is 4.99 Å². The van der Waals surface area contributed by atoms with Crippen molar-refractivity contribution in [1.82, 2.24) is 25.3 Å². The van der Waals surface area contributed by atoms with Crippen LogP contribution in [0.25, 0.3) is 0 Å². The molecule has 2 aromatic carbocycles. The summed E-state index contributed by atoms with van der Waals surface area (Å²) >= 11 is 0. The SMILES string of the molecule is CCNC(=NCc1ccccc1CN(C)C(C)C)NCc1ccccc1Cn1cccn1.I. The molecule has 7 heteroatoms. The van der Waals surface area contributed by atoms with Crippen LogP contribution in [0.1, 0.15) is 43.0 Å². The molecule has 0 unspecified atom stereocenters. The number of halogens is 1. The third kappa shape index (κ3) is 8.47. The fourth-order valence-corrected chi connectivity index (χ4v) is 3.45. The summed E-state index contributed by atoms with van der Waals surface area (Å²) in [4.78, 5) is 7.23. The Morgan fingerprint density at radius 3 is 2.27 bits per heavy atom. The Hall–Kier alpha value is -2.39. The van der Waals surface area contributed by atoms with Crippen LogP contribution >= 0.6 is 24.0 Å². The first kappa shape index (κ1) is 26.9. The van der Waals surface area contributed by atoms with E-state index in [1.165, 1.54) is 22.3 Å². The average molecular weight is 561 g/mol. The van der Waals surface area contributed by atoms with Crippen molar-refractivity contribution in [2.75, 3.05) is 13.6 Å². The first-order valence-corrected chi connectivity index (χ1v) is 11.4. The van der Waals surface area contributed by atoms with Crippen LogP contribution < -0.4 is 10.6 Å². The Kier molecular flexibility index (Phi) is 11.4. The molecule has 3 rings (SSSR count). The highest BCUT2D eigenvalue weighted by Gasteiger charge is 2.09. The molecule has 0 radical (unpaired) electrons. The maximum atomic E-state index is 4.88. The number of nitrogens with zero attached hydrogens (tertiary/aromatic N) is 4. The van der Waals surface area contributed by atoms with Crippen molar-refractivity contribution in [2.24, 2.45) is 4.99 Å². The number of benzene rings is 2. The van der Waals surface area contributed by atoms with E-state index in [1.54, 1.807) is 0 Å². The van der Waals surface area contributed by atoms with Gasteiger partial charge in [0.1, 0.15) is 0 Å².